The van der Waals surface area contributed by atoms with E-state index in [-0.39, 0.29) is 52.8 Å². The first kappa shape index (κ1) is 44.5. The van der Waals surface area contributed by atoms with Gasteiger partial charge in [0.15, 0.2) is 6.29 Å². The lowest BCUT2D eigenvalue weighted by molar-refractivity contribution is -0.321. The van der Waals surface area contributed by atoms with Gasteiger partial charge in [0.2, 0.25) is 0 Å². The van der Waals surface area contributed by atoms with Gasteiger partial charge in [0.1, 0.15) is 48.5 Å². The van der Waals surface area contributed by atoms with Crippen molar-refractivity contribution >= 4 is 5.78 Å². The summed E-state index contributed by atoms with van der Waals surface area (Å²) in [5.74, 6) is 1.10. The zero-order valence-electron chi connectivity index (χ0n) is 34.8. The van der Waals surface area contributed by atoms with Crippen molar-refractivity contribution in [2.75, 3.05) is 6.61 Å². The lowest BCUT2D eigenvalue weighted by Crippen LogP contribution is -2.63. The summed E-state index contributed by atoms with van der Waals surface area (Å²) in [6, 6.07) is 0. The summed E-state index contributed by atoms with van der Waals surface area (Å²) in [6.07, 6.45) is -6.82. The Labute approximate surface area is 332 Å². The zero-order valence-corrected chi connectivity index (χ0v) is 34.8. The molecule has 2 heterocycles. The normalized spacial score (nSPS) is 49.0. The van der Waals surface area contributed by atoms with Gasteiger partial charge in [-0.25, -0.2) is 0 Å². The van der Waals surface area contributed by atoms with Gasteiger partial charge in [-0.1, -0.05) is 53.2 Å². The first-order valence-corrected chi connectivity index (χ1v) is 21.2. The number of rotatable bonds is 11. The van der Waals surface area contributed by atoms with Gasteiger partial charge in [0.25, 0.3) is 0 Å². The van der Waals surface area contributed by atoms with E-state index >= 15 is 0 Å². The molecule has 0 aromatic rings. The summed E-state index contributed by atoms with van der Waals surface area (Å²) in [7, 11) is 0. The minimum absolute atomic E-state index is 0.00701. The van der Waals surface area contributed by atoms with Crippen molar-refractivity contribution in [2.24, 2.45) is 45.3 Å². The van der Waals surface area contributed by atoms with E-state index in [1.54, 1.807) is 13.8 Å². The molecule has 13 heteroatoms. The number of Topliss-reactive ketones (excluding diaryl/α,β-unsaturated/α-hetero) is 1. The molecule has 3 saturated carbocycles. The molecular formula is C43H72O13. The molecule has 56 heavy (non-hydrogen) atoms. The lowest BCUT2D eigenvalue weighted by Gasteiger charge is -2.64. The number of hydrogen-bond acceptors (Lipinski definition) is 13. The smallest absolute Gasteiger partial charge is 0.186 e. The number of allylic oxidation sites excluding steroid dienone is 1. The van der Waals surface area contributed by atoms with Crippen molar-refractivity contribution in [3.8, 4) is 0 Å². The highest BCUT2D eigenvalue weighted by Crippen LogP contribution is 2.74. The van der Waals surface area contributed by atoms with Crippen LogP contribution in [-0.2, 0) is 19.0 Å². The first-order valence-electron chi connectivity index (χ1n) is 21.2. The molecular weight excluding hydrogens is 724 g/mol. The Morgan fingerprint density at radius 2 is 1.39 bits per heavy atom. The SMILES string of the molecule is C[C@H](CC[C@@H](O[C@@H]1O[C@H](CC[C@@H]2O[C@H](CO)[C@@H](O)[C@H](O)[C@H]2O)[C@@H](O)[C@H](O)[C@H]1O)C(C)(C)O)C1CC[C@@]2(C)C3CC=C4C(CC[C@H](O)C4(C)C)[C@]3(C)C(=O)C[C@]12C. The van der Waals surface area contributed by atoms with Crippen LogP contribution < -0.4 is 0 Å². The number of hydrogen-bond donors (Lipinski definition) is 9. The monoisotopic (exact) mass is 796 g/mol. The summed E-state index contributed by atoms with van der Waals surface area (Å²) in [5, 5.41) is 95.3. The van der Waals surface area contributed by atoms with Gasteiger partial charge in [-0.2, -0.15) is 0 Å². The number of fused-ring (bicyclic) bond motifs is 5. The molecule has 6 aliphatic rings. The molecule has 3 unspecified atom stereocenters. The highest BCUT2D eigenvalue weighted by Gasteiger charge is 2.70. The molecule has 0 aromatic heterocycles. The molecule has 322 valence electrons. The van der Waals surface area contributed by atoms with Crippen molar-refractivity contribution in [1.29, 1.82) is 0 Å². The highest BCUT2D eigenvalue weighted by molar-refractivity contribution is 5.88. The summed E-state index contributed by atoms with van der Waals surface area (Å²) >= 11 is 0. The number of ketones is 1. The van der Waals surface area contributed by atoms with Gasteiger partial charge in [-0.3, -0.25) is 4.79 Å². The fourth-order valence-corrected chi connectivity index (χ4v) is 12.8. The van der Waals surface area contributed by atoms with Crippen LogP contribution in [-0.4, -0.2) is 137 Å². The van der Waals surface area contributed by atoms with E-state index in [2.05, 4.69) is 47.6 Å². The second-order valence-corrected chi connectivity index (χ2v) is 20.5. The van der Waals surface area contributed by atoms with Gasteiger partial charge in [0, 0.05) is 17.3 Å². The van der Waals surface area contributed by atoms with E-state index in [4.69, 9.17) is 14.2 Å². The minimum atomic E-state index is -1.64. The van der Waals surface area contributed by atoms with Crippen LogP contribution in [0.2, 0.25) is 0 Å². The molecule has 6 rings (SSSR count). The molecule has 13 nitrogen and oxygen atoms in total. The standard InChI is InChI=1S/C43H72O13/c1-21(22-17-18-41(6)28-14-10-23-24(11-15-29(45)39(23,2)3)43(28,8)30(46)19-42(22,41)7)9-16-31(40(4,5)53)56-38-37(52)36(51)33(48)26(55-38)13-12-25-32(47)35(50)34(49)27(20-44)54-25/h10,21-22,24-29,31-38,44-45,47-53H,9,11-20H2,1-8H3/t21-,22?,24?,25+,26-,27-,28?,29+,31-,32+,33-,34-,35-,36+,37-,38+,41+,42-,43+/m1/s1. The fraction of sp³-hybridized carbons (Fsp3) is 0.930. The number of aliphatic hydroxyl groups is 9. The summed E-state index contributed by atoms with van der Waals surface area (Å²) < 4.78 is 17.9. The minimum Gasteiger partial charge on any atom is -0.394 e. The molecule has 19 atom stereocenters. The van der Waals surface area contributed by atoms with E-state index in [1.165, 1.54) is 5.57 Å². The van der Waals surface area contributed by atoms with Crippen molar-refractivity contribution in [3.05, 3.63) is 11.6 Å². The van der Waals surface area contributed by atoms with Crippen LogP contribution >= 0.6 is 0 Å². The van der Waals surface area contributed by atoms with E-state index in [1.807, 2.05) is 0 Å². The Morgan fingerprint density at radius 3 is 2.00 bits per heavy atom. The fourth-order valence-electron chi connectivity index (χ4n) is 12.8. The van der Waals surface area contributed by atoms with Crippen LogP contribution in [0.4, 0.5) is 0 Å². The maximum absolute atomic E-state index is 14.6. The number of carbonyl (C=O) groups is 1. The van der Waals surface area contributed by atoms with Crippen LogP contribution in [0.5, 0.6) is 0 Å². The Balaban J connectivity index is 1.13. The molecule has 0 bridgehead atoms. The second kappa shape index (κ2) is 15.8. The van der Waals surface area contributed by atoms with Crippen LogP contribution in [0.25, 0.3) is 0 Å². The summed E-state index contributed by atoms with van der Waals surface area (Å²) in [4.78, 5) is 14.6. The molecule has 4 aliphatic carbocycles. The number of carbonyl (C=O) groups excluding carboxylic acids is 1. The molecule has 0 amide bonds. The average Bonchev–Trinajstić information content (AvgIpc) is 3.40. The maximum atomic E-state index is 14.6. The van der Waals surface area contributed by atoms with Crippen molar-refractivity contribution in [3.63, 3.8) is 0 Å². The van der Waals surface area contributed by atoms with E-state index in [0.29, 0.717) is 31.5 Å². The molecule has 0 aromatic carbocycles. The predicted octanol–water partition coefficient (Wildman–Crippen LogP) is 2.13. The van der Waals surface area contributed by atoms with Crippen molar-refractivity contribution < 1.29 is 65.0 Å². The molecule has 2 aliphatic heterocycles. The quantitative estimate of drug-likeness (QED) is 0.137. The molecule has 5 fully saturated rings. The Bertz CT molecular complexity index is 1440. The van der Waals surface area contributed by atoms with Crippen molar-refractivity contribution in [2.45, 2.75) is 199 Å². The third-order valence-electron chi connectivity index (χ3n) is 16.8. The van der Waals surface area contributed by atoms with Gasteiger partial charge in [-0.05, 0) is 106 Å². The molecule has 0 spiro atoms. The van der Waals surface area contributed by atoms with Gasteiger partial charge in [0.05, 0.1) is 36.6 Å². The summed E-state index contributed by atoms with van der Waals surface area (Å²) in [5.41, 5.74) is -1.24. The van der Waals surface area contributed by atoms with Crippen LogP contribution in [0.1, 0.15) is 120 Å². The van der Waals surface area contributed by atoms with E-state index < -0.39 is 91.1 Å². The largest absolute Gasteiger partial charge is 0.394 e. The Kier molecular flexibility index (Phi) is 12.5. The van der Waals surface area contributed by atoms with Gasteiger partial charge >= 0.3 is 0 Å². The topological polar surface area (TPSA) is 227 Å². The predicted molar refractivity (Wildman–Crippen MR) is 205 cm³/mol. The third kappa shape index (κ3) is 7.19. The maximum Gasteiger partial charge on any atom is 0.186 e. The summed E-state index contributed by atoms with van der Waals surface area (Å²) in [6.45, 7) is 16.1. The second-order valence-electron chi connectivity index (χ2n) is 20.5. The first-order chi connectivity index (χ1) is 25.9. The van der Waals surface area contributed by atoms with E-state index in [9.17, 15) is 50.8 Å². The third-order valence-corrected chi connectivity index (χ3v) is 16.8. The van der Waals surface area contributed by atoms with Crippen LogP contribution in [0, 0.1) is 45.3 Å². The molecule has 9 N–H and O–H groups in total. The van der Waals surface area contributed by atoms with Crippen LogP contribution in [0.15, 0.2) is 11.6 Å². The average molecular weight is 797 g/mol. The van der Waals surface area contributed by atoms with Crippen molar-refractivity contribution in [1.82, 2.24) is 0 Å². The number of aliphatic hydroxyl groups excluding tert-OH is 8. The van der Waals surface area contributed by atoms with Crippen LogP contribution in [0.3, 0.4) is 0 Å². The Morgan fingerprint density at radius 1 is 0.804 bits per heavy atom. The number of ether oxygens (including phenoxy) is 3. The molecule has 2 saturated heterocycles. The Hall–Kier alpha value is -1.07. The van der Waals surface area contributed by atoms with Gasteiger partial charge < -0.3 is 60.2 Å². The molecule has 0 radical (unpaired) electrons. The highest BCUT2D eigenvalue weighted by atomic mass is 16.7. The van der Waals surface area contributed by atoms with E-state index in [0.717, 1.165) is 25.7 Å². The zero-order chi connectivity index (χ0) is 41.5. The lowest BCUT2D eigenvalue weighted by atomic mass is 9.38. The van der Waals surface area contributed by atoms with Gasteiger partial charge in [-0.15, -0.1) is 0 Å².